The highest BCUT2D eigenvalue weighted by molar-refractivity contribution is 5.87. The summed E-state index contributed by atoms with van der Waals surface area (Å²) in [5.74, 6) is 0. The van der Waals surface area contributed by atoms with E-state index in [-0.39, 0.29) is 47.9 Å². The first kappa shape index (κ1) is 38.7. The summed E-state index contributed by atoms with van der Waals surface area (Å²) in [5, 5.41) is 0. The summed E-state index contributed by atoms with van der Waals surface area (Å²) >= 11 is 0. The topological polar surface area (TPSA) is 0 Å². The number of hydrogen-bond acceptors (Lipinski definition) is 0. The second-order valence-corrected chi connectivity index (χ2v) is 14.6. The zero-order valence-electron chi connectivity index (χ0n) is 31.0. The van der Waals surface area contributed by atoms with E-state index in [2.05, 4.69) is 24.3 Å². The molecule has 1 aliphatic rings. The van der Waals surface area contributed by atoms with Crippen LogP contribution in [-0.4, -0.2) is 0 Å². The molecule has 6 heteroatoms. The molecule has 0 amide bonds. The van der Waals surface area contributed by atoms with Gasteiger partial charge in [0, 0.05) is 0 Å². The van der Waals surface area contributed by atoms with E-state index in [1.807, 2.05) is 53.7 Å². The van der Waals surface area contributed by atoms with Gasteiger partial charge in [-0.25, -0.2) is 0 Å². The van der Waals surface area contributed by atoms with Crippen LogP contribution in [0, 0.1) is 13.8 Å². The molecule has 0 bridgehead atoms. The highest BCUT2D eigenvalue weighted by atomic mass is 19.4. The van der Waals surface area contributed by atoms with Gasteiger partial charge in [0.25, 0.3) is 0 Å². The predicted molar refractivity (Wildman–Crippen MR) is 198 cm³/mol. The van der Waals surface area contributed by atoms with Crippen LogP contribution in [-0.2, 0) is 43.5 Å². The van der Waals surface area contributed by atoms with Crippen LogP contribution in [0.2, 0.25) is 0 Å². The molecule has 0 aromatic heterocycles. The Morgan fingerprint density at radius 2 is 0.745 bits per heavy atom. The van der Waals surface area contributed by atoms with Gasteiger partial charge >= 0.3 is 12.4 Å². The van der Waals surface area contributed by atoms with Gasteiger partial charge in [-0.05, 0) is 121 Å². The van der Waals surface area contributed by atoms with Crippen LogP contribution in [0.5, 0.6) is 0 Å². The first-order valence-corrected chi connectivity index (χ1v) is 18.9. The maximum Gasteiger partial charge on any atom is 0.416 e. The molecule has 0 unspecified atom stereocenters. The van der Waals surface area contributed by atoms with Gasteiger partial charge in [-0.3, -0.25) is 0 Å². The number of rotatable bonds is 14. The Hall–Kier alpha value is -3.54. The summed E-state index contributed by atoms with van der Waals surface area (Å²) in [5.41, 5.74) is 5.98. The van der Waals surface area contributed by atoms with Crippen LogP contribution in [0.15, 0.2) is 60.7 Å². The Morgan fingerprint density at radius 3 is 1.00 bits per heavy atom. The van der Waals surface area contributed by atoms with Gasteiger partial charge in [-0.2, -0.15) is 26.3 Å². The fourth-order valence-electron chi connectivity index (χ4n) is 8.29. The Bertz CT molecular complexity index is 1650. The van der Waals surface area contributed by atoms with Gasteiger partial charge in [-0.1, -0.05) is 125 Å². The van der Waals surface area contributed by atoms with Crippen LogP contribution in [0.25, 0.3) is 11.1 Å². The van der Waals surface area contributed by atoms with Gasteiger partial charge < -0.3 is 0 Å². The predicted octanol–water partition coefficient (Wildman–Crippen LogP) is 14.1. The molecule has 1 aliphatic carbocycles. The molecular weight excluding hydrogens is 654 g/mol. The van der Waals surface area contributed by atoms with Crippen molar-refractivity contribution in [1.29, 1.82) is 0 Å². The minimum absolute atomic E-state index is 0.270. The second kappa shape index (κ2) is 15.6. The Balaban J connectivity index is 2.03. The molecule has 0 aliphatic heterocycles. The van der Waals surface area contributed by atoms with E-state index in [4.69, 9.17) is 0 Å². The largest absolute Gasteiger partial charge is 0.416 e. The van der Waals surface area contributed by atoms with Gasteiger partial charge in [0.15, 0.2) is 0 Å². The number of aryl methyl sites for hydroxylation is 6. The molecule has 0 saturated heterocycles. The zero-order chi connectivity index (χ0) is 37.1. The van der Waals surface area contributed by atoms with E-state index >= 15 is 26.3 Å². The van der Waals surface area contributed by atoms with Gasteiger partial charge in [0.05, 0.1) is 16.5 Å². The minimum Gasteiger partial charge on any atom is -0.166 e. The zero-order valence-corrected chi connectivity index (χ0v) is 31.0. The standard InChI is InChI=1S/C45H52F6/c1-7-11-15-31-25-35(26-32(16-12-8-2)41(31)44(46,47)48)43(39-23-29(5)19-21-37(39)38-22-20-30(6)24-40(38)43)36-27-33(17-13-9-3)42(45(49,50)51)34(28-36)18-14-10-4/h19-28H,7-18H2,1-6H3. The molecule has 274 valence electrons. The van der Waals surface area contributed by atoms with Crippen LogP contribution < -0.4 is 0 Å². The number of alkyl halides is 6. The van der Waals surface area contributed by atoms with Gasteiger partial charge in [-0.15, -0.1) is 0 Å². The summed E-state index contributed by atoms with van der Waals surface area (Å²) in [6, 6.07) is 19.5. The van der Waals surface area contributed by atoms with E-state index in [9.17, 15) is 0 Å². The highest BCUT2D eigenvalue weighted by Gasteiger charge is 2.49. The van der Waals surface area contributed by atoms with E-state index in [1.54, 1.807) is 24.3 Å². The molecular formula is C45H52F6. The van der Waals surface area contributed by atoms with Crippen molar-refractivity contribution < 1.29 is 26.3 Å². The van der Waals surface area contributed by atoms with Gasteiger partial charge in [0.1, 0.15) is 0 Å². The molecule has 0 spiro atoms. The third-order valence-electron chi connectivity index (χ3n) is 10.7. The fourth-order valence-corrected chi connectivity index (χ4v) is 8.29. The van der Waals surface area contributed by atoms with Crippen LogP contribution in [0.3, 0.4) is 0 Å². The molecule has 51 heavy (non-hydrogen) atoms. The van der Waals surface area contributed by atoms with Crippen molar-refractivity contribution in [3.05, 3.63) is 127 Å². The number of fused-ring (bicyclic) bond motifs is 3. The lowest BCUT2D eigenvalue weighted by atomic mass is 9.65. The Morgan fingerprint density at radius 1 is 0.451 bits per heavy atom. The average molecular weight is 707 g/mol. The second-order valence-electron chi connectivity index (χ2n) is 14.6. The minimum atomic E-state index is -4.54. The van der Waals surface area contributed by atoms with Crippen LogP contribution in [0.1, 0.15) is 146 Å². The quantitative estimate of drug-likeness (QED) is 0.101. The van der Waals surface area contributed by atoms with E-state index in [0.717, 1.165) is 59.1 Å². The Labute approximate surface area is 300 Å². The lowest BCUT2D eigenvalue weighted by molar-refractivity contribution is -0.139. The normalized spacial score (nSPS) is 13.8. The molecule has 4 aromatic rings. The van der Waals surface area contributed by atoms with Crippen molar-refractivity contribution in [1.82, 2.24) is 0 Å². The molecule has 4 aromatic carbocycles. The van der Waals surface area contributed by atoms with Crippen LogP contribution in [0.4, 0.5) is 26.3 Å². The fraction of sp³-hybridized carbons (Fsp3) is 0.467. The number of unbranched alkanes of at least 4 members (excludes halogenated alkanes) is 4. The highest BCUT2D eigenvalue weighted by Crippen LogP contribution is 2.58. The van der Waals surface area contributed by atoms with E-state index in [0.29, 0.717) is 36.8 Å². The lowest BCUT2D eigenvalue weighted by Crippen LogP contribution is -2.31. The number of hydrogen-bond donors (Lipinski definition) is 0. The molecule has 0 N–H and O–H groups in total. The number of benzene rings is 4. The Kier molecular flexibility index (Phi) is 11.8. The third-order valence-corrected chi connectivity index (χ3v) is 10.7. The summed E-state index contributed by atoms with van der Waals surface area (Å²) < 4.78 is 90.4. The molecule has 0 nitrogen and oxygen atoms in total. The van der Waals surface area contributed by atoms with Crippen molar-refractivity contribution in [2.24, 2.45) is 0 Å². The summed E-state index contributed by atoms with van der Waals surface area (Å²) in [6.07, 6.45) is -2.65. The monoisotopic (exact) mass is 706 g/mol. The molecule has 0 saturated carbocycles. The maximum absolute atomic E-state index is 15.1. The summed E-state index contributed by atoms with van der Waals surface area (Å²) in [6.45, 7) is 11.9. The van der Waals surface area contributed by atoms with Crippen molar-refractivity contribution in [2.45, 2.75) is 136 Å². The van der Waals surface area contributed by atoms with Crippen LogP contribution >= 0.6 is 0 Å². The maximum atomic E-state index is 15.1. The first-order valence-electron chi connectivity index (χ1n) is 18.9. The smallest absolute Gasteiger partial charge is 0.166 e. The molecule has 0 fully saturated rings. The van der Waals surface area contributed by atoms with Crippen molar-refractivity contribution in [3.8, 4) is 11.1 Å². The average Bonchev–Trinajstić information content (AvgIpc) is 3.35. The van der Waals surface area contributed by atoms with Crippen molar-refractivity contribution >= 4 is 0 Å². The van der Waals surface area contributed by atoms with Crippen molar-refractivity contribution in [2.75, 3.05) is 0 Å². The summed E-state index contributed by atoms with van der Waals surface area (Å²) in [7, 11) is 0. The number of halogens is 6. The molecule has 0 heterocycles. The lowest BCUT2D eigenvalue weighted by Gasteiger charge is -2.37. The molecule has 5 rings (SSSR count). The third kappa shape index (κ3) is 7.53. The van der Waals surface area contributed by atoms with E-state index < -0.39 is 28.9 Å². The summed E-state index contributed by atoms with van der Waals surface area (Å²) in [4.78, 5) is 0. The van der Waals surface area contributed by atoms with Gasteiger partial charge in [0.2, 0.25) is 0 Å². The molecule has 0 radical (unpaired) electrons. The molecule has 0 atom stereocenters. The van der Waals surface area contributed by atoms with E-state index in [1.165, 1.54) is 0 Å². The first-order chi connectivity index (χ1) is 24.2. The van der Waals surface area contributed by atoms with Crippen molar-refractivity contribution in [3.63, 3.8) is 0 Å². The SMILES string of the molecule is CCCCc1cc(C2(c3cc(CCCC)c(C(F)(F)F)c(CCCC)c3)c3cc(C)ccc3-c3ccc(C)cc32)cc(CCCC)c1C(F)(F)F.